The summed E-state index contributed by atoms with van der Waals surface area (Å²) in [6.45, 7) is 1.88. The van der Waals surface area contributed by atoms with Crippen molar-refractivity contribution in [2.45, 2.75) is 38.3 Å². The van der Waals surface area contributed by atoms with Crippen molar-refractivity contribution in [3.05, 3.63) is 42.1 Å². The summed E-state index contributed by atoms with van der Waals surface area (Å²) in [7, 11) is 0. The lowest BCUT2D eigenvalue weighted by molar-refractivity contribution is 0.199. The molecular weight excluding hydrogens is 268 g/mol. The van der Waals surface area contributed by atoms with E-state index >= 15 is 0 Å². The number of hydrogen-bond donors (Lipinski definition) is 0. The van der Waals surface area contributed by atoms with Crippen LogP contribution in [0.1, 0.15) is 31.4 Å². The van der Waals surface area contributed by atoms with Gasteiger partial charge >= 0.3 is 0 Å². The first-order valence-corrected chi connectivity index (χ1v) is 8.05. The molecule has 0 bridgehead atoms. The molecule has 1 saturated carbocycles. The van der Waals surface area contributed by atoms with Crippen molar-refractivity contribution in [2.75, 3.05) is 12.4 Å². The molecule has 1 aliphatic carbocycles. The van der Waals surface area contributed by atoms with E-state index in [1.54, 1.807) is 0 Å². The van der Waals surface area contributed by atoms with E-state index in [2.05, 4.69) is 35.2 Å². The number of benzene rings is 1. The zero-order chi connectivity index (χ0) is 13.8. The lowest BCUT2D eigenvalue weighted by Crippen LogP contribution is -2.34. The molecule has 1 aromatic heterocycles. The van der Waals surface area contributed by atoms with Crippen molar-refractivity contribution in [3.63, 3.8) is 0 Å². The number of fused-ring (bicyclic) bond motifs is 1. The lowest BCUT2D eigenvalue weighted by atomic mass is 10.1. The largest absolute Gasteiger partial charge is 0.293 e. The molecule has 1 fully saturated rings. The Morgan fingerprint density at radius 2 is 1.90 bits per heavy atom. The van der Waals surface area contributed by atoms with Crippen LogP contribution in [0.2, 0.25) is 0 Å². The third kappa shape index (κ3) is 3.13. The fraction of sp³-hybridized carbons (Fsp3) is 0.471. The lowest BCUT2D eigenvalue weighted by Gasteiger charge is -2.27. The second-order valence-corrected chi connectivity index (χ2v) is 5.97. The van der Waals surface area contributed by atoms with Crippen molar-refractivity contribution in [2.24, 2.45) is 0 Å². The van der Waals surface area contributed by atoms with Crippen molar-refractivity contribution < 1.29 is 0 Å². The highest BCUT2D eigenvalue weighted by molar-refractivity contribution is 6.18. The minimum Gasteiger partial charge on any atom is -0.293 e. The van der Waals surface area contributed by atoms with E-state index in [0.29, 0.717) is 11.9 Å². The van der Waals surface area contributed by atoms with Gasteiger partial charge in [0.15, 0.2) is 0 Å². The maximum Gasteiger partial charge on any atom is 0.0705 e. The van der Waals surface area contributed by atoms with Crippen molar-refractivity contribution in [3.8, 4) is 0 Å². The molecule has 2 nitrogen and oxygen atoms in total. The number of rotatable bonds is 5. The van der Waals surface area contributed by atoms with Crippen molar-refractivity contribution in [1.82, 2.24) is 9.88 Å². The van der Waals surface area contributed by atoms with E-state index < -0.39 is 0 Å². The molecular formula is C17H21ClN2. The quantitative estimate of drug-likeness (QED) is 0.766. The number of pyridine rings is 1. The number of para-hydroxylation sites is 1. The van der Waals surface area contributed by atoms with Crippen LogP contribution >= 0.6 is 11.6 Å². The normalized spacial score (nSPS) is 16.3. The molecule has 0 N–H and O–H groups in total. The monoisotopic (exact) mass is 288 g/mol. The van der Waals surface area contributed by atoms with Gasteiger partial charge in [0.05, 0.1) is 11.2 Å². The summed E-state index contributed by atoms with van der Waals surface area (Å²) in [5.74, 6) is 0.698. The molecule has 0 saturated heterocycles. The van der Waals surface area contributed by atoms with E-state index in [1.807, 2.05) is 6.07 Å². The minimum absolute atomic E-state index is 0.696. The van der Waals surface area contributed by atoms with E-state index in [9.17, 15) is 0 Å². The van der Waals surface area contributed by atoms with E-state index in [-0.39, 0.29) is 0 Å². The molecule has 0 unspecified atom stereocenters. The Balaban J connectivity index is 1.78. The third-order valence-corrected chi connectivity index (χ3v) is 4.40. The van der Waals surface area contributed by atoms with Crippen LogP contribution in [-0.4, -0.2) is 28.4 Å². The molecule has 0 radical (unpaired) electrons. The first kappa shape index (κ1) is 13.8. The van der Waals surface area contributed by atoms with Gasteiger partial charge in [0.25, 0.3) is 0 Å². The topological polar surface area (TPSA) is 16.1 Å². The van der Waals surface area contributed by atoms with E-state index in [4.69, 9.17) is 16.6 Å². The van der Waals surface area contributed by atoms with Crippen LogP contribution < -0.4 is 0 Å². The molecule has 0 aliphatic heterocycles. The predicted molar refractivity (Wildman–Crippen MR) is 85.1 cm³/mol. The number of alkyl halides is 1. The summed E-state index contributed by atoms with van der Waals surface area (Å²) in [5.41, 5.74) is 2.24. The van der Waals surface area contributed by atoms with Gasteiger partial charge in [-0.2, -0.15) is 0 Å². The predicted octanol–water partition coefficient (Wildman–Crippen LogP) is 4.22. The Bertz CT molecular complexity index is 564. The molecule has 1 aromatic carbocycles. The molecule has 0 spiro atoms. The molecule has 0 atom stereocenters. The number of halogens is 1. The molecule has 20 heavy (non-hydrogen) atoms. The van der Waals surface area contributed by atoms with Gasteiger partial charge in [-0.05, 0) is 25.0 Å². The maximum atomic E-state index is 5.97. The van der Waals surface area contributed by atoms with Crippen LogP contribution in [0.25, 0.3) is 10.9 Å². The van der Waals surface area contributed by atoms with Gasteiger partial charge in [-0.1, -0.05) is 37.1 Å². The summed E-state index contributed by atoms with van der Waals surface area (Å²) in [6, 6.07) is 13.3. The fourth-order valence-electron chi connectivity index (χ4n) is 3.17. The van der Waals surface area contributed by atoms with Crippen molar-refractivity contribution in [1.29, 1.82) is 0 Å². The highest BCUT2D eigenvalue weighted by Gasteiger charge is 2.22. The summed E-state index contributed by atoms with van der Waals surface area (Å²) >= 11 is 5.97. The summed E-state index contributed by atoms with van der Waals surface area (Å²) in [6.07, 6.45) is 5.33. The summed E-state index contributed by atoms with van der Waals surface area (Å²) < 4.78 is 0. The van der Waals surface area contributed by atoms with Gasteiger partial charge in [0, 0.05) is 30.4 Å². The Morgan fingerprint density at radius 3 is 2.70 bits per heavy atom. The van der Waals surface area contributed by atoms with Crippen LogP contribution in [-0.2, 0) is 6.54 Å². The second-order valence-electron chi connectivity index (χ2n) is 5.59. The Labute approximate surface area is 125 Å². The first-order valence-electron chi connectivity index (χ1n) is 7.51. The molecule has 3 heteroatoms. The Hall–Kier alpha value is -1.12. The zero-order valence-electron chi connectivity index (χ0n) is 11.8. The SMILES string of the molecule is ClCCN(Cc1ccc2ccccc2n1)C1CCCC1. The molecule has 106 valence electrons. The van der Waals surface area contributed by atoms with Gasteiger partial charge in [0.1, 0.15) is 0 Å². The Kier molecular flexibility index (Phi) is 4.54. The summed E-state index contributed by atoms with van der Waals surface area (Å²) in [5, 5.41) is 1.21. The third-order valence-electron chi connectivity index (χ3n) is 4.23. The minimum atomic E-state index is 0.696. The van der Waals surface area contributed by atoms with Crippen LogP contribution in [0.4, 0.5) is 0 Å². The highest BCUT2D eigenvalue weighted by atomic mass is 35.5. The molecule has 2 aromatic rings. The molecule has 0 amide bonds. The Morgan fingerprint density at radius 1 is 1.10 bits per heavy atom. The maximum absolute atomic E-state index is 5.97. The van der Waals surface area contributed by atoms with Gasteiger partial charge in [-0.15, -0.1) is 11.6 Å². The average Bonchev–Trinajstić information content (AvgIpc) is 3.01. The fourth-order valence-corrected chi connectivity index (χ4v) is 3.39. The van der Waals surface area contributed by atoms with Gasteiger partial charge in [0.2, 0.25) is 0 Å². The van der Waals surface area contributed by atoms with Gasteiger partial charge in [-0.3, -0.25) is 9.88 Å². The zero-order valence-corrected chi connectivity index (χ0v) is 12.5. The van der Waals surface area contributed by atoms with E-state index in [0.717, 1.165) is 24.3 Å². The first-order chi connectivity index (χ1) is 9.86. The highest BCUT2D eigenvalue weighted by Crippen LogP contribution is 2.25. The number of nitrogens with zero attached hydrogens (tertiary/aromatic N) is 2. The van der Waals surface area contributed by atoms with E-state index in [1.165, 1.54) is 31.1 Å². The average molecular weight is 289 g/mol. The smallest absolute Gasteiger partial charge is 0.0705 e. The molecule has 1 aliphatic rings. The van der Waals surface area contributed by atoms with Crippen LogP contribution in [0.15, 0.2) is 36.4 Å². The molecule has 1 heterocycles. The van der Waals surface area contributed by atoms with Crippen LogP contribution in [0, 0.1) is 0 Å². The molecule has 3 rings (SSSR count). The standard InChI is InChI=1S/C17H21ClN2/c18-11-12-20(16-6-2-3-7-16)13-15-10-9-14-5-1-4-8-17(14)19-15/h1,4-5,8-10,16H,2-3,6-7,11-13H2. The van der Waals surface area contributed by atoms with Crippen molar-refractivity contribution >= 4 is 22.5 Å². The van der Waals surface area contributed by atoms with Gasteiger partial charge < -0.3 is 0 Å². The number of hydrogen-bond acceptors (Lipinski definition) is 2. The number of aromatic nitrogens is 1. The second kappa shape index (κ2) is 6.55. The summed E-state index contributed by atoms with van der Waals surface area (Å²) in [4.78, 5) is 7.29. The van der Waals surface area contributed by atoms with Gasteiger partial charge in [-0.25, -0.2) is 0 Å². The van der Waals surface area contributed by atoms with Crippen LogP contribution in [0.3, 0.4) is 0 Å². The van der Waals surface area contributed by atoms with Crippen LogP contribution in [0.5, 0.6) is 0 Å².